The Labute approximate surface area is 192 Å². The van der Waals surface area contributed by atoms with Gasteiger partial charge in [-0.1, -0.05) is 31.2 Å². The smallest absolute Gasteiger partial charge is 0.201 e. The summed E-state index contributed by atoms with van der Waals surface area (Å²) in [5.74, 6) is 2.04. The van der Waals surface area contributed by atoms with Crippen LogP contribution in [-0.2, 0) is 0 Å². The van der Waals surface area contributed by atoms with Gasteiger partial charge in [-0.05, 0) is 118 Å². The molecule has 3 heteroatoms. The van der Waals surface area contributed by atoms with Gasteiger partial charge in [0.1, 0.15) is 0 Å². The summed E-state index contributed by atoms with van der Waals surface area (Å²) in [7, 11) is 0. The number of hydrogen-bond acceptors (Lipinski definition) is 1. The van der Waals surface area contributed by atoms with Crippen molar-refractivity contribution in [3.8, 4) is 5.75 Å². The predicted octanol–water partition coefficient (Wildman–Crippen LogP) is 8.81. The van der Waals surface area contributed by atoms with Crippen LogP contribution in [0.2, 0.25) is 0 Å². The molecule has 1 atom stereocenters. The second-order valence-electron chi connectivity index (χ2n) is 10.1. The summed E-state index contributed by atoms with van der Waals surface area (Å²) in [6.07, 6.45) is 14.8. The Morgan fingerprint density at radius 3 is 2.22 bits per heavy atom. The highest BCUT2D eigenvalue weighted by molar-refractivity contribution is 5.85. The minimum absolute atomic E-state index is 0.000467. The minimum Gasteiger partial charge on any atom is -0.491 e. The van der Waals surface area contributed by atoms with E-state index in [9.17, 15) is 8.78 Å². The van der Waals surface area contributed by atoms with E-state index >= 15 is 0 Å². The van der Waals surface area contributed by atoms with Crippen molar-refractivity contribution in [3.05, 3.63) is 53.6 Å². The van der Waals surface area contributed by atoms with Crippen LogP contribution in [0.5, 0.6) is 5.75 Å². The summed E-state index contributed by atoms with van der Waals surface area (Å²) >= 11 is 0. The van der Waals surface area contributed by atoms with Gasteiger partial charge in [-0.15, -0.1) is 0 Å². The van der Waals surface area contributed by atoms with Crippen LogP contribution in [-0.4, -0.2) is 6.61 Å². The highest BCUT2D eigenvalue weighted by atomic mass is 19.2. The largest absolute Gasteiger partial charge is 0.491 e. The van der Waals surface area contributed by atoms with E-state index in [0.29, 0.717) is 23.3 Å². The normalized spacial score (nSPS) is 27.7. The lowest BCUT2D eigenvalue weighted by Crippen LogP contribution is -2.27. The summed E-state index contributed by atoms with van der Waals surface area (Å²) < 4.78 is 34.3. The third-order valence-corrected chi connectivity index (χ3v) is 8.32. The van der Waals surface area contributed by atoms with E-state index in [4.69, 9.17) is 4.74 Å². The highest BCUT2D eigenvalue weighted by Gasteiger charge is 2.32. The molecule has 0 bridgehead atoms. The molecule has 4 rings (SSSR count). The van der Waals surface area contributed by atoms with Gasteiger partial charge in [-0.2, -0.15) is 4.39 Å². The van der Waals surface area contributed by atoms with Gasteiger partial charge < -0.3 is 4.74 Å². The van der Waals surface area contributed by atoms with Gasteiger partial charge in [0.2, 0.25) is 5.82 Å². The zero-order valence-electron chi connectivity index (χ0n) is 19.9. The molecule has 0 amide bonds. The van der Waals surface area contributed by atoms with E-state index in [1.54, 1.807) is 13.0 Å². The molecule has 0 aliphatic heterocycles. The monoisotopic (exact) mass is 440 g/mol. The van der Waals surface area contributed by atoms with Crippen molar-refractivity contribution >= 4 is 10.8 Å². The van der Waals surface area contributed by atoms with E-state index < -0.39 is 11.6 Å². The second kappa shape index (κ2) is 10.4. The van der Waals surface area contributed by atoms with Gasteiger partial charge in [-0.25, -0.2) is 4.39 Å². The van der Waals surface area contributed by atoms with Gasteiger partial charge >= 0.3 is 0 Å². The molecular weight excluding hydrogens is 402 g/mol. The number of fused-ring (bicyclic) bond motifs is 1. The van der Waals surface area contributed by atoms with Crippen molar-refractivity contribution in [2.45, 2.75) is 78.1 Å². The number of ether oxygens (including phenoxy) is 1. The Bertz CT molecular complexity index is 934. The van der Waals surface area contributed by atoms with Crippen LogP contribution in [0.4, 0.5) is 8.78 Å². The van der Waals surface area contributed by atoms with Gasteiger partial charge in [0.15, 0.2) is 11.6 Å². The molecule has 0 spiro atoms. The Morgan fingerprint density at radius 1 is 0.938 bits per heavy atom. The average Bonchev–Trinajstić information content (AvgIpc) is 2.83. The fourth-order valence-electron chi connectivity index (χ4n) is 6.33. The molecule has 2 aliphatic carbocycles. The number of benzene rings is 2. The fourth-order valence-corrected chi connectivity index (χ4v) is 6.33. The molecule has 2 aliphatic rings. The Morgan fingerprint density at radius 2 is 1.59 bits per heavy atom. The first-order valence-corrected chi connectivity index (χ1v) is 12.7. The first-order valence-electron chi connectivity index (χ1n) is 12.7. The lowest BCUT2D eigenvalue weighted by Gasteiger charge is -2.39. The molecular formula is C29H38F2O. The Balaban J connectivity index is 1.39. The topological polar surface area (TPSA) is 9.23 Å². The van der Waals surface area contributed by atoms with E-state index in [2.05, 4.69) is 32.1 Å². The van der Waals surface area contributed by atoms with E-state index in [-0.39, 0.29) is 5.75 Å². The van der Waals surface area contributed by atoms with Crippen LogP contribution in [0, 0.1) is 35.3 Å². The zero-order chi connectivity index (χ0) is 22.7. The van der Waals surface area contributed by atoms with Gasteiger partial charge in [0.25, 0.3) is 0 Å². The van der Waals surface area contributed by atoms with Crippen molar-refractivity contribution < 1.29 is 13.5 Å². The van der Waals surface area contributed by atoms with Gasteiger partial charge in [0, 0.05) is 5.39 Å². The molecule has 0 radical (unpaired) electrons. The molecule has 2 fully saturated rings. The van der Waals surface area contributed by atoms with Crippen LogP contribution in [0.1, 0.15) is 83.6 Å². The molecule has 2 aromatic carbocycles. The molecule has 0 aromatic heterocycles. The standard InChI is InChI=1S/C29H38F2O/c1-4-6-20-7-9-21(10-8-20)19(3)22-11-13-23(14-12-22)24-15-16-25-18-27(32-5-2)29(31)28(30)26(25)17-24/h4,6,15-23H,5,7-14H2,1-3H3/b6-4+. The first kappa shape index (κ1) is 23.3. The highest BCUT2D eigenvalue weighted by Crippen LogP contribution is 2.45. The van der Waals surface area contributed by atoms with Crippen LogP contribution >= 0.6 is 0 Å². The zero-order valence-corrected chi connectivity index (χ0v) is 19.9. The number of rotatable bonds is 6. The summed E-state index contributed by atoms with van der Waals surface area (Å²) in [6.45, 7) is 6.71. The maximum Gasteiger partial charge on any atom is 0.201 e. The van der Waals surface area contributed by atoms with Crippen LogP contribution < -0.4 is 4.74 Å². The maximum absolute atomic E-state index is 14.7. The average molecular weight is 441 g/mol. The van der Waals surface area contributed by atoms with Crippen LogP contribution in [0.15, 0.2) is 36.4 Å². The molecule has 0 saturated heterocycles. The van der Waals surface area contributed by atoms with Crippen molar-refractivity contribution in [3.63, 3.8) is 0 Å². The molecule has 2 aromatic rings. The number of allylic oxidation sites excluding steroid dienone is 2. The van der Waals surface area contributed by atoms with E-state index in [1.807, 2.05) is 12.1 Å². The van der Waals surface area contributed by atoms with Crippen molar-refractivity contribution in [1.29, 1.82) is 0 Å². The summed E-state index contributed by atoms with van der Waals surface area (Å²) in [4.78, 5) is 0. The molecule has 2 saturated carbocycles. The quantitative estimate of drug-likeness (QED) is 0.408. The summed E-state index contributed by atoms with van der Waals surface area (Å²) in [5, 5.41) is 1.07. The number of halogens is 2. The second-order valence-corrected chi connectivity index (χ2v) is 10.1. The van der Waals surface area contributed by atoms with Gasteiger partial charge in [0.05, 0.1) is 6.61 Å². The van der Waals surface area contributed by atoms with Crippen molar-refractivity contribution in [1.82, 2.24) is 0 Å². The fraction of sp³-hybridized carbons (Fsp3) is 0.586. The van der Waals surface area contributed by atoms with Crippen LogP contribution in [0.3, 0.4) is 0 Å². The molecule has 32 heavy (non-hydrogen) atoms. The van der Waals surface area contributed by atoms with Crippen molar-refractivity contribution in [2.24, 2.45) is 23.7 Å². The third kappa shape index (κ3) is 4.87. The lowest BCUT2D eigenvalue weighted by atomic mass is 9.67. The molecule has 1 nitrogen and oxygen atoms in total. The van der Waals surface area contributed by atoms with Crippen molar-refractivity contribution in [2.75, 3.05) is 6.61 Å². The maximum atomic E-state index is 14.7. The Kier molecular flexibility index (Phi) is 7.53. The number of hydrogen-bond donors (Lipinski definition) is 0. The van der Waals surface area contributed by atoms with E-state index in [1.165, 1.54) is 38.5 Å². The lowest BCUT2D eigenvalue weighted by molar-refractivity contribution is 0.142. The molecule has 1 unspecified atom stereocenters. The predicted molar refractivity (Wildman–Crippen MR) is 129 cm³/mol. The SMILES string of the molecule is C/C=C/C1CCC(C(C)C2CCC(c3ccc4cc(OCC)c(F)c(F)c4c3)CC2)CC1. The first-order chi connectivity index (χ1) is 15.5. The molecule has 0 N–H and O–H groups in total. The van der Waals surface area contributed by atoms with Gasteiger partial charge in [-0.3, -0.25) is 0 Å². The Hall–Kier alpha value is -1.90. The summed E-state index contributed by atoms with van der Waals surface area (Å²) in [5.41, 5.74) is 1.15. The third-order valence-electron chi connectivity index (χ3n) is 8.32. The summed E-state index contributed by atoms with van der Waals surface area (Å²) in [6, 6.07) is 7.52. The molecule has 174 valence electrons. The molecule has 0 heterocycles. The van der Waals surface area contributed by atoms with Crippen LogP contribution in [0.25, 0.3) is 10.8 Å². The van der Waals surface area contributed by atoms with E-state index in [0.717, 1.165) is 42.1 Å². The minimum atomic E-state index is -0.877.